The van der Waals surface area contributed by atoms with Gasteiger partial charge in [0.1, 0.15) is 11.5 Å². The standard InChI is InChI=1S/C35H51FO4/c1-3-5-7-9-10-15-28-16-11-12-17-29(28)18-14-26-38-31-20-22-32(23-21-31)40-35(37)30-19-24-34(33(36)27-30)39-25-13-8-6-4-2/h19-24,27-29H,3-18,25-26H2,1-2H3. The summed E-state index contributed by atoms with van der Waals surface area (Å²) >= 11 is 0. The Morgan fingerprint density at radius 1 is 0.725 bits per heavy atom. The van der Waals surface area contributed by atoms with Crippen LogP contribution in [0.5, 0.6) is 17.2 Å². The van der Waals surface area contributed by atoms with Crippen molar-refractivity contribution in [2.75, 3.05) is 13.2 Å². The number of esters is 1. The topological polar surface area (TPSA) is 44.8 Å². The molecule has 0 aliphatic heterocycles. The summed E-state index contributed by atoms with van der Waals surface area (Å²) in [7, 11) is 0. The highest BCUT2D eigenvalue weighted by Gasteiger charge is 2.24. The minimum atomic E-state index is -0.602. The van der Waals surface area contributed by atoms with Gasteiger partial charge in [-0.25, -0.2) is 9.18 Å². The van der Waals surface area contributed by atoms with E-state index >= 15 is 0 Å². The summed E-state index contributed by atoms with van der Waals surface area (Å²) in [6.45, 7) is 5.59. The molecule has 0 amide bonds. The largest absolute Gasteiger partial charge is 0.494 e. The first-order chi connectivity index (χ1) is 19.6. The van der Waals surface area contributed by atoms with E-state index in [4.69, 9.17) is 14.2 Å². The Hall–Kier alpha value is -2.56. The van der Waals surface area contributed by atoms with E-state index < -0.39 is 11.8 Å². The predicted octanol–water partition coefficient (Wildman–Crippen LogP) is 10.3. The van der Waals surface area contributed by atoms with Crippen molar-refractivity contribution in [1.82, 2.24) is 0 Å². The fourth-order valence-electron chi connectivity index (χ4n) is 5.82. The fourth-order valence-corrected chi connectivity index (χ4v) is 5.82. The molecule has 3 rings (SSSR count). The van der Waals surface area contributed by atoms with Gasteiger partial charge in [0.05, 0.1) is 18.8 Å². The lowest BCUT2D eigenvalue weighted by Crippen LogP contribution is -2.20. The molecule has 0 spiro atoms. The average molecular weight is 555 g/mol. The molecule has 1 aliphatic carbocycles. The Morgan fingerprint density at radius 3 is 2.00 bits per heavy atom. The van der Waals surface area contributed by atoms with Crippen LogP contribution in [0.25, 0.3) is 0 Å². The number of rotatable bonds is 19. The van der Waals surface area contributed by atoms with E-state index in [2.05, 4.69) is 13.8 Å². The summed E-state index contributed by atoms with van der Waals surface area (Å²) in [5.41, 5.74) is 0.151. The van der Waals surface area contributed by atoms with Gasteiger partial charge in [-0.3, -0.25) is 0 Å². The minimum absolute atomic E-state index is 0.151. The first-order valence-corrected chi connectivity index (χ1v) is 16.0. The summed E-state index contributed by atoms with van der Waals surface area (Å²) in [6, 6.07) is 11.3. The molecule has 4 nitrogen and oxygen atoms in total. The first-order valence-electron chi connectivity index (χ1n) is 16.0. The second kappa shape index (κ2) is 18.7. The lowest BCUT2D eigenvalue weighted by atomic mass is 9.74. The molecule has 2 aromatic carbocycles. The highest BCUT2D eigenvalue weighted by molar-refractivity contribution is 5.91. The van der Waals surface area contributed by atoms with Crippen molar-refractivity contribution in [3.63, 3.8) is 0 Å². The van der Waals surface area contributed by atoms with Crippen molar-refractivity contribution >= 4 is 5.97 Å². The zero-order chi connectivity index (χ0) is 28.4. The molecular weight excluding hydrogens is 503 g/mol. The van der Waals surface area contributed by atoms with Gasteiger partial charge in [0.15, 0.2) is 11.6 Å². The summed E-state index contributed by atoms with van der Waals surface area (Å²) in [4.78, 5) is 12.5. The zero-order valence-electron chi connectivity index (χ0n) is 24.9. The van der Waals surface area contributed by atoms with Crippen LogP contribution in [0.3, 0.4) is 0 Å². The van der Waals surface area contributed by atoms with Gasteiger partial charge in [0.2, 0.25) is 0 Å². The van der Waals surface area contributed by atoms with Gasteiger partial charge < -0.3 is 14.2 Å². The van der Waals surface area contributed by atoms with E-state index in [-0.39, 0.29) is 11.3 Å². The Kier molecular flexibility index (Phi) is 15.0. The molecule has 1 saturated carbocycles. The van der Waals surface area contributed by atoms with E-state index in [9.17, 15) is 9.18 Å². The maximum absolute atomic E-state index is 14.4. The molecule has 0 bridgehead atoms. The van der Waals surface area contributed by atoms with E-state index in [0.29, 0.717) is 19.0 Å². The quantitative estimate of drug-likeness (QED) is 0.0984. The number of hydrogen-bond donors (Lipinski definition) is 0. The van der Waals surface area contributed by atoms with Gasteiger partial charge in [-0.15, -0.1) is 0 Å². The number of hydrogen-bond acceptors (Lipinski definition) is 4. The van der Waals surface area contributed by atoms with Crippen LogP contribution in [0.2, 0.25) is 0 Å². The SMILES string of the molecule is CCCCCCCC1CCCCC1CCCOc1ccc(OC(=O)c2ccc(OCCCCCC)c(F)c2)cc1. The van der Waals surface area contributed by atoms with Crippen molar-refractivity contribution in [2.24, 2.45) is 11.8 Å². The molecule has 5 heteroatoms. The predicted molar refractivity (Wildman–Crippen MR) is 161 cm³/mol. The van der Waals surface area contributed by atoms with Gasteiger partial charge >= 0.3 is 5.97 Å². The van der Waals surface area contributed by atoms with Crippen molar-refractivity contribution in [3.8, 4) is 17.2 Å². The first kappa shape index (κ1) is 32.0. The maximum atomic E-state index is 14.4. The lowest BCUT2D eigenvalue weighted by Gasteiger charge is -2.31. The average Bonchev–Trinajstić information content (AvgIpc) is 2.97. The molecule has 0 aromatic heterocycles. The maximum Gasteiger partial charge on any atom is 0.343 e. The van der Waals surface area contributed by atoms with Crippen molar-refractivity contribution in [2.45, 2.75) is 117 Å². The number of carbonyl (C=O) groups excluding carboxylic acids is 1. The van der Waals surface area contributed by atoms with Crippen LogP contribution in [0.15, 0.2) is 42.5 Å². The third kappa shape index (κ3) is 11.5. The van der Waals surface area contributed by atoms with E-state index in [0.717, 1.165) is 49.7 Å². The Balaban J connectivity index is 1.36. The Morgan fingerprint density at radius 2 is 1.32 bits per heavy atom. The zero-order valence-corrected chi connectivity index (χ0v) is 24.9. The molecule has 40 heavy (non-hydrogen) atoms. The van der Waals surface area contributed by atoms with Crippen LogP contribution in [-0.2, 0) is 0 Å². The van der Waals surface area contributed by atoms with Gasteiger partial charge in [-0.05, 0) is 73.6 Å². The fraction of sp³-hybridized carbons (Fsp3) is 0.629. The lowest BCUT2D eigenvalue weighted by molar-refractivity contribution is 0.0734. The smallest absolute Gasteiger partial charge is 0.343 e. The van der Waals surface area contributed by atoms with E-state index in [1.54, 1.807) is 12.1 Å². The Labute approximate surface area is 242 Å². The molecule has 222 valence electrons. The monoisotopic (exact) mass is 554 g/mol. The van der Waals surface area contributed by atoms with Gasteiger partial charge in [-0.2, -0.15) is 0 Å². The normalized spacial score (nSPS) is 17.0. The molecule has 1 fully saturated rings. The second-order valence-electron chi connectivity index (χ2n) is 11.4. The van der Waals surface area contributed by atoms with Crippen LogP contribution in [0.4, 0.5) is 4.39 Å². The molecule has 2 unspecified atom stereocenters. The van der Waals surface area contributed by atoms with Crippen LogP contribution in [0.1, 0.15) is 127 Å². The Bertz CT molecular complexity index is 974. The molecule has 0 N–H and O–H groups in total. The highest BCUT2D eigenvalue weighted by Crippen LogP contribution is 2.36. The van der Waals surface area contributed by atoms with Crippen LogP contribution < -0.4 is 14.2 Å². The number of unbranched alkanes of at least 4 members (excludes halogenated alkanes) is 7. The summed E-state index contributed by atoms with van der Waals surface area (Å²) < 4.78 is 31.4. The summed E-state index contributed by atoms with van der Waals surface area (Å²) in [5.74, 6) is 1.92. The molecular formula is C35H51FO4. The highest BCUT2D eigenvalue weighted by atomic mass is 19.1. The van der Waals surface area contributed by atoms with Gasteiger partial charge in [0, 0.05) is 0 Å². The van der Waals surface area contributed by atoms with E-state index in [1.807, 2.05) is 12.1 Å². The molecule has 0 saturated heterocycles. The van der Waals surface area contributed by atoms with Crippen LogP contribution >= 0.6 is 0 Å². The summed E-state index contributed by atoms with van der Waals surface area (Å²) in [5, 5.41) is 0. The number of carbonyl (C=O) groups is 1. The molecule has 2 aromatic rings. The van der Waals surface area contributed by atoms with Crippen molar-refractivity contribution < 1.29 is 23.4 Å². The third-order valence-electron chi connectivity index (χ3n) is 8.19. The minimum Gasteiger partial charge on any atom is -0.494 e. The number of ether oxygens (including phenoxy) is 3. The summed E-state index contributed by atoms with van der Waals surface area (Å²) in [6.07, 6.45) is 20.4. The van der Waals surface area contributed by atoms with Crippen LogP contribution in [-0.4, -0.2) is 19.2 Å². The number of benzene rings is 2. The molecule has 0 radical (unpaired) electrons. The molecule has 1 aliphatic rings. The third-order valence-corrected chi connectivity index (χ3v) is 8.19. The second-order valence-corrected chi connectivity index (χ2v) is 11.4. The van der Waals surface area contributed by atoms with Gasteiger partial charge in [0.25, 0.3) is 0 Å². The number of halogens is 1. The molecule has 0 heterocycles. The van der Waals surface area contributed by atoms with E-state index in [1.165, 1.54) is 88.8 Å². The van der Waals surface area contributed by atoms with Crippen molar-refractivity contribution in [1.29, 1.82) is 0 Å². The molecule has 2 atom stereocenters. The van der Waals surface area contributed by atoms with Crippen LogP contribution in [0, 0.1) is 17.7 Å². The van der Waals surface area contributed by atoms with Gasteiger partial charge in [-0.1, -0.05) is 97.3 Å². The van der Waals surface area contributed by atoms with Crippen molar-refractivity contribution in [3.05, 3.63) is 53.8 Å².